The number of carbonyl (C=O) groups excluding carboxylic acids is 1. The molecule has 1 heterocycles. The number of fused-ring (bicyclic) bond motifs is 1. The van der Waals surface area contributed by atoms with Crippen molar-refractivity contribution >= 4 is 5.97 Å². The highest BCUT2D eigenvalue weighted by atomic mass is 16.5. The second-order valence-corrected chi connectivity index (χ2v) is 4.77. The molecule has 1 aliphatic heterocycles. The van der Waals surface area contributed by atoms with Gasteiger partial charge in [-0.3, -0.25) is 0 Å². The molecule has 2 atom stereocenters. The molecule has 0 bridgehead atoms. The number of hydrogen-bond donors (Lipinski definition) is 0. The van der Waals surface area contributed by atoms with Gasteiger partial charge in [-0.25, -0.2) is 4.79 Å². The maximum atomic E-state index is 11.9. The zero-order chi connectivity index (χ0) is 12.6. The summed E-state index contributed by atoms with van der Waals surface area (Å²) in [5, 5.41) is 0. The highest BCUT2D eigenvalue weighted by Crippen LogP contribution is 2.49. The average molecular weight is 234 g/mol. The first-order chi connectivity index (χ1) is 8.19. The van der Waals surface area contributed by atoms with Crippen LogP contribution in [0.5, 0.6) is 0 Å². The second kappa shape index (κ2) is 4.67. The molecule has 0 amide bonds. The smallest absolute Gasteiger partial charge is 0.334 e. The van der Waals surface area contributed by atoms with E-state index in [1.165, 1.54) is 16.7 Å². The molecule has 0 spiro atoms. The van der Waals surface area contributed by atoms with Gasteiger partial charge >= 0.3 is 5.97 Å². The molecule has 17 heavy (non-hydrogen) atoms. The van der Waals surface area contributed by atoms with Crippen molar-refractivity contribution < 1.29 is 9.53 Å². The fourth-order valence-electron chi connectivity index (χ4n) is 3.39. The van der Waals surface area contributed by atoms with Crippen LogP contribution in [0.3, 0.4) is 0 Å². The van der Waals surface area contributed by atoms with Crippen molar-refractivity contribution in [1.29, 1.82) is 0 Å². The fraction of sp³-hybridized carbons (Fsp3) is 0.667. The van der Waals surface area contributed by atoms with E-state index in [0.717, 1.165) is 31.3 Å². The van der Waals surface area contributed by atoms with E-state index in [1.54, 1.807) is 0 Å². The van der Waals surface area contributed by atoms with Gasteiger partial charge in [-0.2, -0.15) is 0 Å². The third kappa shape index (κ3) is 1.65. The summed E-state index contributed by atoms with van der Waals surface area (Å²) in [6.07, 6.45) is 3.93. The molecular formula is C15H22O2. The zero-order valence-electron chi connectivity index (χ0n) is 11.3. The number of hydrogen-bond acceptors (Lipinski definition) is 2. The Morgan fingerprint density at radius 1 is 0.882 bits per heavy atom. The summed E-state index contributed by atoms with van der Waals surface area (Å²) in [7, 11) is 0. The first kappa shape index (κ1) is 12.4. The van der Waals surface area contributed by atoms with Crippen LogP contribution in [0.2, 0.25) is 0 Å². The predicted octanol–water partition coefficient (Wildman–Crippen LogP) is 3.77. The van der Waals surface area contributed by atoms with Gasteiger partial charge in [0.15, 0.2) is 0 Å². The normalized spacial score (nSPS) is 27.9. The molecule has 2 aliphatic rings. The lowest BCUT2D eigenvalue weighted by Gasteiger charge is -2.46. The van der Waals surface area contributed by atoms with Crippen molar-refractivity contribution in [3.05, 3.63) is 22.3 Å². The Bertz CT molecular complexity index is 401. The van der Waals surface area contributed by atoms with Crippen LogP contribution in [0.4, 0.5) is 0 Å². The number of rotatable bonds is 4. The van der Waals surface area contributed by atoms with E-state index in [9.17, 15) is 4.79 Å². The van der Waals surface area contributed by atoms with Gasteiger partial charge in [-0.05, 0) is 36.8 Å². The lowest BCUT2D eigenvalue weighted by molar-refractivity contribution is -0.147. The van der Waals surface area contributed by atoms with Crippen LogP contribution in [0.15, 0.2) is 22.3 Å². The van der Waals surface area contributed by atoms with Gasteiger partial charge in [0.1, 0.15) is 6.10 Å². The molecule has 0 N–H and O–H groups in total. The van der Waals surface area contributed by atoms with E-state index in [4.69, 9.17) is 4.74 Å². The standard InChI is InChI=1S/C15H22O2/c1-5-9-11(7-3)14-13(9)10(6-2)12(8-4)15(16)17-14/h13-14H,5-8H2,1-4H3. The Kier molecular flexibility index (Phi) is 3.41. The molecule has 0 aromatic rings. The number of esters is 1. The number of ether oxygens (including phenoxy) is 1. The average Bonchev–Trinajstić information content (AvgIpc) is 2.32. The van der Waals surface area contributed by atoms with Crippen molar-refractivity contribution in [3.8, 4) is 0 Å². The van der Waals surface area contributed by atoms with Gasteiger partial charge in [-0.15, -0.1) is 0 Å². The van der Waals surface area contributed by atoms with Crippen molar-refractivity contribution in [2.75, 3.05) is 0 Å². The van der Waals surface area contributed by atoms with Gasteiger partial charge in [0.05, 0.1) is 0 Å². The first-order valence-electron chi connectivity index (χ1n) is 6.84. The van der Waals surface area contributed by atoms with E-state index in [1.807, 2.05) is 6.92 Å². The summed E-state index contributed by atoms with van der Waals surface area (Å²) in [6.45, 7) is 8.55. The molecule has 0 aromatic heterocycles. The molecule has 2 unspecified atom stereocenters. The molecule has 2 rings (SSSR count). The Labute approximate surface area is 104 Å². The summed E-state index contributed by atoms with van der Waals surface area (Å²) >= 11 is 0. The minimum absolute atomic E-state index is 0.0627. The summed E-state index contributed by atoms with van der Waals surface area (Å²) < 4.78 is 5.60. The fourth-order valence-corrected chi connectivity index (χ4v) is 3.39. The maximum absolute atomic E-state index is 11.9. The lowest BCUT2D eigenvalue weighted by atomic mass is 9.65. The van der Waals surface area contributed by atoms with Crippen molar-refractivity contribution in [1.82, 2.24) is 0 Å². The largest absolute Gasteiger partial charge is 0.453 e. The van der Waals surface area contributed by atoms with Crippen LogP contribution < -0.4 is 0 Å². The quantitative estimate of drug-likeness (QED) is 0.546. The van der Waals surface area contributed by atoms with Crippen LogP contribution in [-0.2, 0) is 9.53 Å². The van der Waals surface area contributed by atoms with Crippen LogP contribution in [0, 0.1) is 5.92 Å². The molecule has 1 aliphatic carbocycles. The lowest BCUT2D eigenvalue weighted by Crippen LogP contribution is -2.45. The Balaban J connectivity index is 2.44. The molecule has 0 aromatic carbocycles. The summed E-state index contributed by atoms with van der Waals surface area (Å²) in [5.41, 5.74) is 5.15. The highest BCUT2D eigenvalue weighted by Gasteiger charge is 2.46. The summed E-state index contributed by atoms with van der Waals surface area (Å²) in [5.74, 6) is 0.333. The molecule has 0 saturated carbocycles. The Morgan fingerprint density at radius 3 is 1.94 bits per heavy atom. The minimum Gasteiger partial charge on any atom is -0.453 e. The molecule has 0 fully saturated rings. The third-order valence-electron chi connectivity index (χ3n) is 4.17. The van der Waals surface area contributed by atoms with Gasteiger partial charge in [-0.1, -0.05) is 33.3 Å². The maximum Gasteiger partial charge on any atom is 0.334 e. The molecule has 0 radical (unpaired) electrons. The minimum atomic E-state index is -0.0771. The number of carbonyl (C=O) groups is 1. The van der Waals surface area contributed by atoms with Crippen LogP contribution in [0.1, 0.15) is 53.4 Å². The first-order valence-corrected chi connectivity index (χ1v) is 6.84. The Morgan fingerprint density at radius 2 is 1.47 bits per heavy atom. The van der Waals surface area contributed by atoms with Crippen LogP contribution >= 0.6 is 0 Å². The molecule has 2 heteroatoms. The van der Waals surface area contributed by atoms with Gasteiger partial charge in [0.2, 0.25) is 0 Å². The molecule has 94 valence electrons. The van der Waals surface area contributed by atoms with Crippen molar-refractivity contribution in [3.63, 3.8) is 0 Å². The van der Waals surface area contributed by atoms with E-state index < -0.39 is 0 Å². The summed E-state index contributed by atoms with van der Waals surface area (Å²) in [6, 6.07) is 0. The van der Waals surface area contributed by atoms with Gasteiger partial charge < -0.3 is 4.74 Å². The van der Waals surface area contributed by atoms with Gasteiger partial charge in [0, 0.05) is 11.5 Å². The van der Waals surface area contributed by atoms with E-state index >= 15 is 0 Å². The van der Waals surface area contributed by atoms with Gasteiger partial charge in [0.25, 0.3) is 0 Å². The van der Waals surface area contributed by atoms with Crippen LogP contribution in [0.25, 0.3) is 0 Å². The predicted molar refractivity (Wildman–Crippen MR) is 68.6 cm³/mol. The van der Waals surface area contributed by atoms with E-state index in [0.29, 0.717) is 5.92 Å². The topological polar surface area (TPSA) is 26.3 Å². The monoisotopic (exact) mass is 234 g/mol. The van der Waals surface area contributed by atoms with E-state index in [2.05, 4.69) is 20.8 Å². The van der Waals surface area contributed by atoms with Crippen LogP contribution in [-0.4, -0.2) is 12.1 Å². The SMILES string of the molecule is CCC1=C(CC)C2C(CC)=C(CC)C2OC1=O. The van der Waals surface area contributed by atoms with Crippen molar-refractivity contribution in [2.45, 2.75) is 59.5 Å². The molecular weight excluding hydrogens is 212 g/mol. The summed E-state index contributed by atoms with van der Waals surface area (Å²) in [4.78, 5) is 11.9. The Hall–Kier alpha value is -1.05. The van der Waals surface area contributed by atoms with Crippen molar-refractivity contribution in [2.24, 2.45) is 5.92 Å². The van der Waals surface area contributed by atoms with E-state index in [-0.39, 0.29) is 12.1 Å². The third-order valence-corrected chi connectivity index (χ3v) is 4.17. The second-order valence-electron chi connectivity index (χ2n) is 4.77. The molecule has 2 nitrogen and oxygen atoms in total. The molecule has 0 saturated heterocycles. The highest BCUT2D eigenvalue weighted by molar-refractivity contribution is 5.91. The zero-order valence-corrected chi connectivity index (χ0v) is 11.3.